The number of sulfonamides is 1. The third-order valence-corrected chi connectivity index (χ3v) is 3.97. The van der Waals surface area contributed by atoms with Crippen molar-refractivity contribution in [3.8, 4) is 0 Å². The summed E-state index contributed by atoms with van der Waals surface area (Å²) in [6, 6.07) is 3.01. The summed E-state index contributed by atoms with van der Waals surface area (Å²) in [5, 5.41) is 19.7. The third kappa shape index (κ3) is 5.03. The van der Waals surface area contributed by atoms with Crippen molar-refractivity contribution in [2.45, 2.75) is 20.3 Å². The maximum atomic E-state index is 11.8. The molecule has 116 valence electrons. The summed E-state index contributed by atoms with van der Waals surface area (Å²) in [5.74, 6) is -1.32. The zero-order valence-corrected chi connectivity index (χ0v) is 12.4. The molecule has 0 saturated heterocycles. The van der Waals surface area contributed by atoms with Gasteiger partial charge in [0.15, 0.2) is 0 Å². The molecule has 0 aromatic heterocycles. The summed E-state index contributed by atoms with van der Waals surface area (Å²) >= 11 is 0. The normalized spacial score (nSPS) is 11.4. The lowest BCUT2D eigenvalue weighted by Crippen LogP contribution is -2.18. The van der Waals surface area contributed by atoms with Crippen LogP contribution in [0.15, 0.2) is 18.2 Å². The van der Waals surface area contributed by atoms with E-state index in [-0.39, 0.29) is 22.9 Å². The van der Waals surface area contributed by atoms with E-state index in [4.69, 9.17) is 5.11 Å². The Hall–Kier alpha value is -2.16. The Kier molecular flexibility index (Phi) is 5.25. The van der Waals surface area contributed by atoms with Gasteiger partial charge in [0.1, 0.15) is 5.69 Å². The Morgan fingerprint density at radius 1 is 1.43 bits per heavy atom. The van der Waals surface area contributed by atoms with Gasteiger partial charge in [0.25, 0.3) is 5.69 Å². The number of nitro groups is 1. The summed E-state index contributed by atoms with van der Waals surface area (Å²) in [4.78, 5) is 20.9. The van der Waals surface area contributed by atoms with Gasteiger partial charge in [0.2, 0.25) is 10.0 Å². The second-order valence-corrected chi connectivity index (χ2v) is 6.74. The molecule has 0 bridgehead atoms. The highest BCUT2D eigenvalue weighted by molar-refractivity contribution is 7.92. The maximum absolute atomic E-state index is 11.8. The zero-order valence-electron chi connectivity index (χ0n) is 11.6. The summed E-state index contributed by atoms with van der Waals surface area (Å²) in [7, 11) is -3.72. The molecule has 0 aliphatic rings. The number of carboxylic acid groups (broad SMARTS) is 1. The van der Waals surface area contributed by atoms with Gasteiger partial charge in [-0.05, 0) is 24.5 Å². The van der Waals surface area contributed by atoms with E-state index in [9.17, 15) is 23.3 Å². The Labute approximate surface area is 122 Å². The molecule has 0 aliphatic heterocycles. The molecular weight excluding hydrogens is 300 g/mol. The first-order valence-corrected chi connectivity index (χ1v) is 7.80. The van der Waals surface area contributed by atoms with Crippen LogP contribution in [0.3, 0.4) is 0 Å². The first-order valence-electron chi connectivity index (χ1n) is 6.14. The van der Waals surface area contributed by atoms with Crippen molar-refractivity contribution in [2.24, 2.45) is 5.92 Å². The number of benzene rings is 1. The smallest absolute Gasteiger partial charge is 0.335 e. The van der Waals surface area contributed by atoms with Gasteiger partial charge in [-0.2, -0.15) is 0 Å². The summed E-state index contributed by atoms with van der Waals surface area (Å²) in [6.45, 7) is 3.72. The van der Waals surface area contributed by atoms with Crippen LogP contribution in [0.5, 0.6) is 0 Å². The SMILES string of the molecule is CC(C)CCS(=O)(=O)Nc1ccc(C(=O)O)cc1[N+](=O)[O-]. The van der Waals surface area contributed by atoms with Crippen molar-refractivity contribution in [1.82, 2.24) is 0 Å². The molecule has 21 heavy (non-hydrogen) atoms. The van der Waals surface area contributed by atoms with Gasteiger partial charge in [-0.15, -0.1) is 0 Å². The summed E-state index contributed by atoms with van der Waals surface area (Å²) in [5.41, 5.74) is -1.12. The van der Waals surface area contributed by atoms with E-state index in [0.717, 1.165) is 18.2 Å². The molecule has 8 nitrogen and oxygen atoms in total. The van der Waals surface area contributed by atoms with Crippen molar-refractivity contribution in [3.05, 3.63) is 33.9 Å². The van der Waals surface area contributed by atoms with Crippen molar-refractivity contribution >= 4 is 27.4 Å². The zero-order chi connectivity index (χ0) is 16.2. The summed E-state index contributed by atoms with van der Waals surface area (Å²) in [6.07, 6.45) is 0.413. The molecule has 1 aromatic carbocycles. The second-order valence-electron chi connectivity index (χ2n) is 4.90. The predicted octanol–water partition coefficient (Wildman–Crippen LogP) is 2.08. The lowest BCUT2D eigenvalue weighted by atomic mass is 10.2. The number of nitro benzene ring substituents is 1. The van der Waals surface area contributed by atoms with E-state index in [0.29, 0.717) is 6.42 Å². The van der Waals surface area contributed by atoms with Crippen molar-refractivity contribution in [2.75, 3.05) is 10.5 Å². The number of anilines is 1. The highest BCUT2D eigenvalue weighted by Crippen LogP contribution is 2.26. The highest BCUT2D eigenvalue weighted by atomic mass is 32.2. The average molecular weight is 316 g/mol. The number of hydrogen-bond donors (Lipinski definition) is 2. The van der Waals surface area contributed by atoms with E-state index in [2.05, 4.69) is 4.72 Å². The van der Waals surface area contributed by atoms with Gasteiger partial charge in [0, 0.05) is 6.07 Å². The predicted molar refractivity (Wildman–Crippen MR) is 76.9 cm³/mol. The van der Waals surface area contributed by atoms with Crippen LogP contribution in [0.25, 0.3) is 0 Å². The van der Waals surface area contributed by atoms with Crippen LogP contribution in [0, 0.1) is 16.0 Å². The average Bonchev–Trinajstić information content (AvgIpc) is 2.36. The molecule has 0 aliphatic carbocycles. The molecule has 0 radical (unpaired) electrons. The molecule has 0 saturated carbocycles. The standard InChI is InChI=1S/C12H16N2O6S/c1-8(2)5-6-21(19,20)13-10-4-3-9(12(15)16)7-11(10)14(17)18/h3-4,7-8,13H,5-6H2,1-2H3,(H,15,16). The molecule has 2 N–H and O–H groups in total. The van der Waals surface area contributed by atoms with E-state index >= 15 is 0 Å². The van der Waals surface area contributed by atoms with Crippen molar-refractivity contribution in [1.29, 1.82) is 0 Å². The number of nitrogens with zero attached hydrogens (tertiary/aromatic N) is 1. The lowest BCUT2D eigenvalue weighted by molar-refractivity contribution is -0.383. The van der Waals surface area contributed by atoms with Crippen LogP contribution in [-0.2, 0) is 10.0 Å². The first-order chi connectivity index (χ1) is 9.62. The topological polar surface area (TPSA) is 127 Å². The Bertz CT molecular complexity index is 654. The molecular formula is C12H16N2O6S. The lowest BCUT2D eigenvalue weighted by Gasteiger charge is -2.10. The maximum Gasteiger partial charge on any atom is 0.335 e. The van der Waals surface area contributed by atoms with E-state index in [1.165, 1.54) is 0 Å². The number of rotatable bonds is 7. The minimum absolute atomic E-state index is 0.164. The van der Waals surface area contributed by atoms with Crippen LogP contribution < -0.4 is 4.72 Å². The fourth-order valence-electron chi connectivity index (χ4n) is 1.51. The molecule has 9 heteroatoms. The fourth-order valence-corrected chi connectivity index (χ4v) is 2.90. The van der Waals surface area contributed by atoms with Gasteiger partial charge in [0.05, 0.1) is 16.2 Å². The Balaban J connectivity index is 3.08. The quantitative estimate of drug-likeness (QED) is 0.585. The molecule has 1 aromatic rings. The van der Waals surface area contributed by atoms with Crippen molar-refractivity contribution < 1.29 is 23.2 Å². The molecule has 0 amide bonds. The monoisotopic (exact) mass is 316 g/mol. The first kappa shape index (κ1) is 16.9. The van der Waals surface area contributed by atoms with Gasteiger partial charge in [-0.1, -0.05) is 13.8 Å². The molecule has 0 spiro atoms. The fraction of sp³-hybridized carbons (Fsp3) is 0.417. The number of aromatic carboxylic acids is 1. The van der Waals surface area contributed by atoms with E-state index in [1.54, 1.807) is 0 Å². The molecule has 0 heterocycles. The number of hydrogen-bond acceptors (Lipinski definition) is 5. The van der Waals surface area contributed by atoms with E-state index in [1.807, 2.05) is 13.8 Å². The van der Waals surface area contributed by atoms with Gasteiger partial charge in [-0.3, -0.25) is 14.8 Å². The van der Waals surface area contributed by atoms with Crippen LogP contribution in [-0.4, -0.2) is 30.2 Å². The number of carbonyl (C=O) groups is 1. The highest BCUT2D eigenvalue weighted by Gasteiger charge is 2.21. The Morgan fingerprint density at radius 3 is 2.52 bits per heavy atom. The Morgan fingerprint density at radius 2 is 2.05 bits per heavy atom. The van der Waals surface area contributed by atoms with Gasteiger partial charge >= 0.3 is 5.97 Å². The minimum atomic E-state index is -3.72. The number of carboxylic acids is 1. The molecule has 0 unspecified atom stereocenters. The third-order valence-electron chi connectivity index (χ3n) is 2.67. The van der Waals surface area contributed by atoms with Gasteiger partial charge in [-0.25, -0.2) is 13.2 Å². The minimum Gasteiger partial charge on any atom is -0.478 e. The molecule has 1 rings (SSSR count). The van der Waals surface area contributed by atoms with Crippen LogP contribution in [0.1, 0.15) is 30.6 Å². The summed E-state index contributed by atoms with van der Waals surface area (Å²) < 4.78 is 25.8. The van der Waals surface area contributed by atoms with Crippen LogP contribution >= 0.6 is 0 Å². The second kappa shape index (κ2) is 6.53. The van der Waals surface area contributed by atoms with Gasteiger partial charge < -0.3 is 5.11 Å². The molecule has 0 fully saturated rings. The van der Waals surface area contributed by atoms with Crippen molar-refractivity contribution in [3.63, 3.8) is 0 Å². The number of nitrogens with one attached hydrogen (secondary N) is 1. The van der Waals surface area contributed by atoms with E-state index < -0.39 is 26.6 Å². The molecule has 0 atom stereocenters. The van der Waals surface area contributed by atoms with Crippen LogP contribution in [0.2, 0.25) is 0 Å². The largest absolute Gasteiger partial charge is 0.478 e. The van der Waals surface area contributed by atoms with Crippen LogP contribution in [0.4, 0.5) is 11.4 Å².